The normalized spacial score (nSPS) is 12.5. The van der Waals surface area contributed by atoms with E-state index in [0.717, 1.165) is 46.4 Å². The Morgan fingerprint density at radius 1 is 0.711 bits per heavy atom. The van der Waals surface area contributed by atoms with Crippen LogP contribution in [0.15, 0.2) is 109 Å². The third-order valence-electron chi connectivity index (χ3n) is 7.27. The number of nitrogens with zero attached hydrogens (tertiary/aromatic N) is 4. The van der Waals surface area contributed by atoms with Crippen LogP contribution in [-0.2, 0) is 12.8 Å². The van der Waals surface area contributed by atoms with Crippen LogP contribution < -0.4 is 4.90 Å². The molecule has 3 aromatic carbocycles. The molecule has 6 heteroatoms. The van der Waals surface area contributed by atoms with Gasteiger partial charge in [0.2, 0.25) is 0 Å². The average molecular weight is 527 g/mol. The molecule has 38 heavy (non-hydrogen) atoms. The Bertz CT molecular complexity index is 1910. The van der Waals surface area contributed by atoms with Crippen LogP contribution in [0.25, 0.3) is 37.2 Å². The number of hydrogen-bond donors (Lipinski definition) is 0. The number of rotatable bonds is 4. The lowest BCUT2D eigenvalue weighted by atomic mass is 9.89. The summed E-state index contributed by atoms with van der Waals surface area (Å²) in [4.78, 5) is 12.7. The Kier molecular flexibility index (Phi) is 4.96. The fourth-order valence-electron chi connectivity index (χ4n) is 5.40. The van der Waals surface area contributed by atoms with Crippen molar-refractivity contribution in [2.45, 2.75) is 12.8 Å². The molecule has 0 amide bonds. The molecular weight excluding hydrogens is 505 g/mol. The summed E-state index contributed by atoms with van der Waals surface area (Å²) in [6.45, 7) is 0. The largest absolute Gasteiger partial charge is 0.320 e. The highest BCUT2D eigenvalue weighted by Gasteiger charge is 2.24. The number of hydrogen-bond acceptors (Lipinski definition) is 5. The number of thiophene rings is 1. The van der Waals surface area contributed by atoms with E-state index < -0.39 is 0 Å². The van der Waals surface area contributed by atoms with Gasteiger partial charge in [-0.2, -0.15) is 0 Å². The van der Waals surface area contributed by atoms with Crippen LogP contribution in [0.5, 0.6) is 0 Å². The maximum Gasteiger partial charge on any atom is 0.197 e. The monoisotopic (exact) mass is 526 g/mol. The van der Waals surface area contributed by atoms with Crippen LogP contribution in [0.2, 0.25) is 0 Å². The molecule has 1 aliphatic rings. The maximum absolute atomic E-state index is 5.26. The van der Waals surface area contributed by atoms with E-state index in [2.05, 4.69) is 112 Å². The summed E-state index contributed by atoms with van der Waals surface area (Å²) in [5, 5.41) is 5.59. The van der Waals surface area contributed by atoms with Crippen LogP contribution >= 0.6 is 22.7 Å². The Balaban J connectivity index is 1.28. The Morgan fingerprint density at radius 3 is 2.29 bits per heavy atom. The molecule has 182 valence electrons. The Hall–Kier alpha value is -4.26. The van der Waals surface area contributed by atoms with Gasteiger partial charge in [-0.25, -0.2) is 9.97 Å². The molecule has 4 nitrogen and oxygen atoms in total. The van der Waals surface area contributed by atoms with E-state index in [-0.39, 0.29) is 0 Å². The van der Waals surface area contributed by atoms with Crippen molar-refractivity contribution >= 4 is 59.6 Å². The third kappa shape index (κ3) is 3.49. The zero-order chi connectivity index (χ0) is 25.1. The van der Waals surface area contributed by atoms with Crippen LogP contribution in [-0.4, -0.2) is 14.5 Å². The number of aromatic nitrogens is 3. The summed E-state index contributed by atoms with van der Waals surface area (Å²) in [6.07, 6.45) is 6.46. The molecule has 0 aliphatic heterocycles. The van der Waals surface area contributed by atoms with Gasteiger partial charge in [0.1, 0.15) is 15.3 Å². The SMILES string of the molecule is c1ccc(N(c2ccc3c(n2)-c2ccccc2CC3)c2nc3c(-n4cc5ccccc5c4)csc3s2)cc1. The minimum absolute atomic E-state index is 0.890. The van der Waals surface area contributed by atoms with Gasteiger partial charge in [-0.15, -0.1) is 11.3 Å². The molecule has 7 aromatic rings. The van der Waals surface area contributed by atoms with Gasteiger partial charge in [0.15, 0.2) is 5.13 Å². The van der Waals surface area contributed by atoms with Crippen molar-refractivity contribution in [3.8, 4) is 16.9 Å². The number of benzene rings is 3. The van der Waals surface area contributed by atoms with E-state index in [4.69, 9.17) is 9.97 Å². The summed E-state index contributed by atoms with van der Waals surface area (Å²) in [5.74, 6) is 0.890. The zero-order valence-electron chi connectivity index (χ0n) is 20.4. The summed E-state index contributed by atoms with van der Waals surface area (Å²) >= 11 is 3.47. The lowest BCUT2D eigenvalue weighted by Crippen LogP contribution is -2.14. The van der Waals surface area contributed by atoms with Crippen molar-refractivity contribution in [1.82, 2.24) is 14.5 Å². The molecule has 0 saturated heterocycles. The van der Waals surface area contributed by atoms with Gasteiger partial charge in [-0.05, 0) is 52.9 Å². The molecule has 0 saturated carbocycles. The molecule has 0 radical (unpaired) electrons. The quantitative estimate of drug-likeness (QED) is 0.230. The fourth-order valence-corrected chi connectivity index (χ4v) is 7.51. The summed E-state index contributed by atoms with van der Waals surface area (Å²) in [6, 6.07) is 32.0. The summed E-state index contributed by atoms with van der Waals surface area (Å²) < 4.78 is 3.41. The molecule has 0 fully saturated rings. The molecule has 0 N–H and O–H groups in total. The highest BCUT2D eigenvalue weighted by molar-refractivity contribution is 7.39. The molecule has 0 bridgehead atoms. The first-order chi connectivity index (χ1) is 18.8. The molecule has 0 spiro atoms. The Labute approximate surface area is 228 Å². The van der Waals surface area contributed by atoms with Crippen molar-refractivity contribution in [1.29, 1.82) is 0 Å². The van der Waals surface area contributed by atoms with Gasteiger partial charge >= 0.3 is 0 Å². The topological polar surface area (TPSA) is 34.0 Å². The van der Waals surface area contributed by atoms with Crippen LogP contribution in [0.4, 0.5) is 16.6 Å². The first-order valence-electron chi connectivity index (χ1n) is 12.7. The lowest BCUT2D eigenvalue weighted by molar-refractivity contribution is 0.926. The lowest BCUT2D eigenvalue weighted by Gasteiger charge is -2.24. The minimum atomic E-state index is 0.890. The summed E-state index contributed by atoms with van der Waals surface area (Å²) in [5.41, 5.74) is 8.20. The van der Waals surface area contributed by atoms with E-state index in [1.807, 2.05) is 6.07 Å². The standard InChI is InChI=1S/C32H22N4S2/c1-2-11-25(12-3-1)36(28-17-16-22-15-14-21-8-6-7-13-26(21)29(22)33-28)32-34-30-27(20-37-31(30)38-32)35-18-23-9-4-5-10-24(23)19-35/h1-13,16-20H,14-15H2. The molecule has 4 heterocycles. The number of thiazole rings is 1. The van der Waals surface area contributed by atoms with Crippen molar-refractivity contribution < 1.29 is 0 Å². The highest BCUT2D eigenvalue weighted by Crippen LogP contribution is 2.43. The first-order valence-corrected chi connectivity index (χ1v) is 14.4. The average Bonchev–Trinajstić information content (AvgIpc) is 3.68. The number of para-hydroxylation sites is 1. The first kappa shape index (κ1) is 21.8. The van der Waals surface area contributed by atoms with Crippen molar-refractivity contribution in [3.05, 3.63) is 120 Å². The van der Waals surface area contributed by atoms with E-state index >= 15 is 0 Å². The van der Waals surface area contributed by atoms with E-state index in [1.54, 1.807) is 22.7 Å². The van der Waals surface area contributed by atoms with Gasteiger partial charge in [0.25, 0.3) is 0 Å². The minimum Gasteiger partial charge on any atom is -0.320 e. The highest BCUT2D eigenvalue weighted by atomic mass is 32.2. The second-order valence-corrected chi connectivity index (χ2v) is 11.7. The van der Waals surface area contributed by atoms with Crippen LogP contribution in [0, 0.1) is 0 Å². The smallest absolute Gasteiger partial charge is 0.197 e. The molecule has 0 unspecified atom stereocenters. The second kappa shape index (κ2) is 8.65. The van der Waals surface area contributed by atoms with Gasteiger partial charge in [-0.1, -0.05) is 84.1 Å². The van der Waals surface area contributed by atoms with E-state index in [9.17, 15) is 0 Å². The van der Waals surface area contributed by atoms with Gasteiger partial charge < -0.3 is 4.57 Å². The molecule has 8 rings (SSSR count). The predicted octanol–water partition coefficient (Wildman–Crippen LogP) is 8.93. The van der Waals surface area contributed by atoms with Crippen molar-refractivity contribution in [2.24, 2.45) is 0 Å². The molecule has 0 atom stereocenters. The third-order valence-corrected chi connectivity index (χ3v) is 9.39. The van der Waals surface area contributed by atoms with E-state index in [1.165, 1.54) is 31.5 Å². The molecule has 1 aliphatic carbocycles. The number of anilines is 3. The number of pyridine rings is 1. The van der Waals surface area contributed by atoms with Gasteiger partial charge in [-0.3, -0.25) is 4.90 Å². The van der Waals surface area contributed by atoms with Gasteiger partial charge in [0, 0.05) is 29.0 Å². The van der Waals surface area contributed by atoms with Crippen molar-refractivity contribution in [3.63, 3.8) is 0 Å². The second-order valence-electron chi connectivity index (χ2n) is 9.55. The van der Waals surface area contributed by atoms with Crippen LogP contribution in [0.1, 0.15) is 11.1 Å². The Morgan fingerprint density at radius 2 is 1.45 bits per heavy atom. The van der Waals surface area contributed by atoms with Crippen LogP contribution in [0.3, 0.4) is 0 Å². The maximum atomic E-state index is 5.26. The van der Waals surface area contributed by atoms with Crippen molar-refractivity contribution in [2.75, 3.05) is 4.90 Å². The molecule has 4 aromatic heterocycles. The fraction of sp³-hybridized carbons (Fsp3) is 0.0625. The summed E-state index contributed by atoms with van der Waals surface area (Å²) in [7, 11) is 0. The predicted molar refractivity (Wildman–Crippen MR) is 160 cm³/mol. The number of aryl methyl sites for hydroxylation is 2. The van der Waals surface area contributed by atoms with E-state index in [0.29, 0.717) is 0 Å². The number of fused-ring (bicyclic) bond motifs is 5. The van der Waals surface area contributed by atoms with Gasteiger partial charge in [0.05, 0.1) is 11.4 Å². The zero-order valence-corrected chi connectivity index (χ0v) is 22.0. The molecular formula is C32H22N4S2.